The zero-order chi connectivity index (χ0) is 15.8. The third kappa shape index (κ3) is 2.60. The van der Waals surface area contributed by atoms with Gasteiger partial charge >= 0.3 is 6.03 Å². The number of hydrogen-bond acceptors (Lipinski definition) is 4. The van der Waals surface area contributed by atoms with Crippen molar-refractivity contribution < 1.29 is 9.59 Å². The maximum atomic E-state index is 12.3. The monoisotopic (exact) mass is 314 g/mol. The first-order valence-corrected chi connectivity index (χ1v) is 7.88. The van der Waals surface area contributed by atoms with Gasteiger partial charge in [0.1, 0.15) is 6.04 Å². The normalized spacial score (nSPS) is 23.8. The highest BCUT2D eigenvalue weighted by atomic mass is 16.2. The molecular formula is C15H18N6O2. The Labute approximate surface area is 132 Å². The number of nitrogens with one attached hydrogen (secondary N) is 2. The summed E-state index contributed by atoms with van der Waals surface area (Å²) in [6, 6.07) is 1.23. The van der Waals surface area contributed by atoms with Crippen LogP contribution in [0.1, 0.15) is 25.7 Å². The number of nitrogens with zero attached hydrogens (tertiary/aromatic N) is 4. The molecule has 0 radical (unpaired) electrons. The first-order chi connectivity index (χ1) is 11.2. The zero-order valence-corrected chi connectivity index (χ0v) is 12.6. The van der Waals surface area contributed by atoms with Crippen LogP contribution in [0.4, 0.5) is 10.5 Å². The second-order valence-electron chi connectivity index (χ2n) is 6.04. The van der Waals surface area contributed by atoms with Gasteiger partial charge in [-0.2, -0.15) is 5.10 Å². The van der Waals surface area contributed by atoms with Gasteiger partial charge in [0.15, 0.2) is 5.65 Å². The summed E-state index contributed by atoms with van der Waals surface area (Å²) in [6.07, 6.45) is 8.82. The van der Waals surface area contributed by atoms with E-state index in [1.165, 1.54) is 0 Å². The molecule has 23 heavy (non-hydrogen) atoms. The molecule has 0 saturated carbocycles. The number of urea groups is 1. The highest BCUT2D eigenvalue weighted by Gasteiger charge is 2.40. The molecule has 2 fully saturated rings. The minimum atomic E-state index is -0.431. The minimum Gasteiger partial charge on any atom is -0.338 e. The topological polar surface area (TPSA) is 91.6 Å². The van der Waals surface area contributed by atoms with E-state index in [1.807, 2.05) is 4.90 Å². The molecule has 2 saturated heterocycles. The lowest BCUT2D eigenvalue weighted by Crippen LogP contribution is -2.44. The van der Waals surface area contributed by atoms with Crippen LogP contribution in [0.3, 0.4) is 0 Å². The van der Waals surface area contributed by atoms with Crippen LogP contribution in [-0.4, -0.2) is 50.1 Å². The van der Waals surface area contributed by atoms with Crippen molar-refractivity contribution in [1.29, 1.82) is 0 Å². The number of piperidine rings is 1. The van der Waals surface area contributed by atoms with Crippen molar-refractivity contribution in [1.82, 2.24) is 24.8 Å². The molecule has 2 atom stereocenters. The lowest BCUT2D eigenvalue weighted by atomic mass is 10.0. The molecule has 2 aromatic heterocycles. The van der Waals surface area contributed by atoms with Gasteiger partial charge in [-0.3, -0.25) is 4.79 Å². The van der Waals surface area contributed by atoms with Crippen LogP contribution < -0.4 is 10.6 Å². The number of anilines is 1. The van der Waals surface area contributed by atoms with E-state index in [9.17, 15) is 9.59 Å². The van der Waals surface area contributed by atoms with E-state index >= 15 is 0 Å². The van der Waals surface area contributed by atoms with Gasteiger partial charge in [0.05, 0.1) is 24.3 Å². The highest BCUT2D eigenvalue weighted by Crippen LogP contribution is 2.28. The lowest BCUT2D eigenvalue weighted by molar-refractivity contribution is -0.131. The third-order valence-electron chi connectivity index (χ3n) is 4.53. The van der Waals surface area contributed by atoms with Gasteiger partial charge in [0.2, 0.25) is 5.91 Å². The van der Waals surface area contributed by atoms with Gasteiger partial charge in [-0.05, 0) is 25.7 Å². The Hall–Kier alpha value is -2.64. The molecule has 0 aromatic carbocycles. The van der Waals surface area contributed by atoms with Crippen LogP contribution in [0.5, 0.6) is 0 Å². The van der Waals surface area contributed by atoms with Gasteiger partial charge < -0.3 is 15.5 Å². The van der Waals surface area contributed by atoms with E-state index in [-0.39, 0.29) is 11.9 Å². The Balaban J connectivity index is 1.40. The largest absolute Gasteiger partial charge is 0.338 e. The number of aromatic nitrogens is 3. The number of rotatable bonds is 2. The first kappa shape index (κ1) is 14.0. The third-order valence-corrected chi connectivity index (χ3v) is 4.53. The second-order valence-corrected chi connectivity index (χ2v) is 6.04. The van der Waals surface area contributed by atoms with Crippen molar-refractivity contribution in [3.63, 3.8) is 0 Å². The van der Waals surface area contributed by atoms with E-state index < -0.39 is 12.1 Å². The molecule has 2 N–H and O–H groups in total. The molecule has 0 aliphatic carbocycles. The maximum Gasteiger partial charge on any atom is 0.319 e. The molecule has 8 nitrogen and oxygen atoms in total. The Morgan fingerprint density at radius 2 is 2.26 bits per heavy atom. The highest BCUT2D eigenvalue weighted by molar-refractivity contribution is 5.94. The molecule has 2 unspecified atom stereocenters. The van der Waals surface area contributed by atoms with Crippen molar-refractivity contribution in [2.45, 2.75) is 37.8 Å². The maximum absolute atomic E-state index is 12.3. The minimum absolute atomic E-state index is 0.0329. The molecule has 0 spiro atoms. The fourth-order valence-corrected chi connectivity index (χ4v) is 3.43. The molecule has 0 bridgehead atoms. The molecule has 4 heterocycles. The van der Waals surface area contributed by atoms with E-state index in [2.05, 4.69) is 20.7 Å². The fourth-order valence-electron chi connectivity index (χ4n) is 3.43. The number of fused-ring (bicyclic) bond motifs is 2. The Morgan fingerprint density at radius 1 is 1.35 bits per heavy atom. The zero-order valence-electron chi connectivity index (χ0n) is 12.6. The number of carbonyl (C=O) groups is 2. The fraction of sp³-hybridized carbons (Fsp3) is 0.467. The SMILES string of the molecule is O=C(Nc1cnc2ccnn2c1)NC1CC2CCCCN2C1=O. The van der Waals surface area contributed by atoms with Crippen LogP contribution in [0.15, 0.2) is 24.7 Å². The van der Waals surface area contributed by atoms with Gasteiger partial charge in [-0.25, -0.2) is 14.3 Å². The summed E-state index contributed by atoms with van der Waals surface area (Å²) in [4.78, 5) is 30.6. The van der Waals surface area contributed by atoms with Crippen LogP contribution in [-0.2, 0) is 4.79 Å². The lowest BCUT2D eigenvalue weighted by Gasteiger charge is -2.28. The van der Waals surface area contributed by atoms with Gasteiger partial charge in [-0.15, -0.1) is 0 Å². The summed E-state index contributed by atoms with van der Waals surface area (Å²) >= 11 is 0. The van der Waals surface area contributed by atoms with Crippen LogP contribution in [0.25, 0.3) is 5.65 Å². The summed E-state index contributed by atoms with van der Waals surface area (Å²) in [5.74, 6) is 0.0329. The van der Waals surface area contributed by atoms with E-state index in [0.29, 0.717) is 17.8 Å². The van der Waals surface area contributed by atoms with Gasteiger partial charge in [0, 0.05) is 18.7 Å². The number of carbonyl (C=O) groups excluding carboxylic acids is 2. The summed E-state index contributed by atoms with van der Waals surface area (Å²) < 4.78 is 1.58. The second kappa shape index (κ2) is 5.53. The molecule has 2 aromatic rings. The molecule has 3 amide bonds. The van der Waals surface area contributed by atoms with Crippen molar-refractivity contribution in [3.8, 4) is 0 Å². The van der Waals surface area contributed by atoms with E-state index in [0.717, 1.165) is 25.8 Å². The van der Waals surface area contributed by atoms with Crippen molar-refractivity contribution in [2.24, 2.45) is 0 Å². The number of amides is 3. The van der Waals surface area contributed by atoms with Crippen molar-refractivity contribution >= 4 is 23.3 Å². The van der Waals surface area contributed by atoms with Crippen molar-refractivity contribution in [2.75, 3.05) is 11.9 Å². The standard InChI is InChI=1S/C15H18N6O2/c22-14-12(7-11-3-1-2-6-20(11)14)19-15(23)18-10-8-16-13-4-5-17-21(13)9-10/h4-5,8-9,11-12H,1-3,6-7H2,(H2,18,19,23). The summed E-state index contributed by atoms with van der Waals surface area (Å²) in [5, 5.41) is 9.56. The Bertz CT molecular complexity index is 757. The summed E-state index contributed by atoms with van der Waals surface area (Å²) in [7, 11) is 0. The predicted molar refractivity (Wildman–Crippen MR) is 82.9 cm³/mol. The molecule has 2 aliphatic rings. The quantitative estimate of drug-likeness (QED) is 0.865. The number of hydrogen-bond donors (Lipinski definition) is 2. The van der Waals surface area contributed by atoms with Gasteiger partial charge in [0.25, 0.3) is 0 Å². The molecule has 8 heteroatoms. The van der Waals surface area contributed by atoms with E-state index in [1.54, 1.807) is 29.2 Å². The predicted octanol–water partition coefficient (Wildman–Crippen LogP) is 1.00. The van der Waals surface area contributed by atoms with Crippen molar-refractivity contribution in [3.05, 3.63) is 24.7 Å². The van der Waals surface area contributed by atoms with E-state index in [4.69, 9.17) is 0 Å². The Kier molecular flexibility index (Phi) is 3.36. The molecule has 2 aliphatic heterocycles. The van der Waals surface area contributed by atoms with Crippen LogP contribution in [0, 0.1) is 0 Å². The van der Waals surface area contributed by atoms with Crippen LogP contribution >= 0.6 is 0 Å². The smallest absolute Gasteiger partial charge is 0.319 e. The van der Waals surface area contributed by atoms with Crippen LogP contribution in [0.2, 0.25) is 0 Å². The summed E-state index contributed by atoms with van der Waals surface area (Å²) in [5.41, 5.74) is 1.24. The first-order valence-electron chi connectivity index (χ1n) is 7.88. The van der Waals surface area contributed by atoms with Gasteiger partial charge in [-0.1, -0.05) is 0 Å². The molecular weight excluding hydrogens is 296 g/mol. The Morgan fingerprint density at radius 3 is 3.13 bits per heavy atom. The average molecular weight is 314 g/mol. The summed E-state index contributed by atoms with van der Waals surface area (Å²) in [6.45, 7) is 0.809. The molecule has 120 valence electrons. The molecule has 4 rings (SSSR count). The average Bonchev–Trinajstić information content (AvgIpc) is 3.12.